The van der Waals surface area contributed by atoms with Gasteiger partial charge in [0.15, 0.2) is 0 Å². The third kappa shape index (κ3) is 2.68. The first-order valence-electron chi connectivity index (χ1n) is 5.60. The van der Waals surface area contributed by atoms with Crippen molar-refractivity contribution < 1.29 is 0 Å². The predicted molar refractivity (Wildman–Crippen MR) is 69.5 cm³/mol. The van der Waals surface area contributed by atoms with Gasteiger partial charge in [0.05, 0.1) is 16.1 Å². The molecule has 0 aliphatic rings. The van der Waals surface area contributed by atoms with E-state index in [0.717, 1.165) is 25.2 Å². The third-order valence-electron chi connectivity index (χ3n) is 2.40. The molecular formula is C13H16N2S. The number of rotatable bonds is 5. The van der Waals surface area contributed by atoms with E-state index in [-0.39, 0.29) is 0 Å². The molecule has 2 nitrogen and oxygen atoms in total. The number of thiazole rings is 1. The summed E-state index contributed by atoms with van der Waals surface area (Å²) < 4.78 is 0. The van der Waals surface area contributed by atoms with Gasteiger partial charge >= 0.3 is 0 Å². The van der Waals surface area contributed by atoms with Crippen LogP contribution in [0.5, 0.6) is 0 Å². The second kappa shape index (κ2) is 5.77. The van der Waals surface area contributed by atoms with Crippen molar-refractivity contribution in [1.29, 1.82) is 0 Å². The van der Waals surface area contributed by atoms with Crippen molar-refractivity contribution in [2.75, 3.05) is 6.54 Å². The molecule has 0 aliphatic heterocycles. The van der Waals surface area contributed by atoms with Crippen LogP contribution in [0, 0.1) is 0 Å². The fourth-order valence-electron chi connectivity index (χ4n) is 1.60. The summed E-state index contributed by atoms with van der Waals surface area (Å²) in [5.74, 6) is 0. The number of hydrogen-bond donors (Lipinski definition) is 1. The molecule has 0 bridgehead atoms. The van der Waals surface area contributed by atoms with Crippen LogP contribution in [-0.2, 0) is 6.54 Å². The van der Waals surface area contributed by atoms with Gasteiger partial charge in [-0.05, 0) is 18.5 Å². The molecule has 0 aliphatic carbocycles. The second-order valence-corrected chi connectivity index (χ2v) is 4.53. The van der Waals surface area contributed by atoms with E-state index in [0.29, 0.717) is 0 Å². The standard InChI is InChI=1S/C13H16N2S/c1-2-8-14-9-12-13(16-10-15-12)11-6-4-3-5-7-11/h3-7,10,14H,2,8-9H2,1H3. The zero-order chi connectivity index (χ0) is 11.2. The SMILES string of the molecule is CCCNCc1ncsc1-c1ccccc1. The lowest BCUT2D eigenvalue weighted by molar-refractivity contribution is 0.667. The lowest BCUT2D eigenvalue weighted by atomic mass is 10.1. The van der Waals surface area contributed by atoms with E-state index in [9.17, 15) is 0 Å². The minimum atomic E-state index is 0.863. The van der Waals surface area contributed by atoms with Crippen LogP contribution in [0.25, 0.3) is 10.4 Å². The molecule has 1 N–H and O–H groups in total. The average Bonchev–Trinajstić information content (AvgIpc) is 2.79. The molecular weight excluding hydrogens is 216 g/mol. The average molecular weight is 232 g/mol. The van der Waals surface area contributed by atoms with Crippen molar-refractivity contribution in [3.8, 4) is 10.4 Å². The summed E-state index contributed by atoms with van der Waals surface area (Å²) in [5.41, 5.74) is 4.34. The zero-order valence-corrected chi connectivity index (χ0v) is 10.3. The molecule has 0 amide bonds. The Bertz CT molecular complexity index is 423. The molecule has 16 heavy (non-hydrogen) atoms. The van der Waals surface area contributed by atoms with Gasteiger partial charge in [-0.2, -0.15) is 0 Å². The molecule has 0 spiro atoms. The summed E-state index contributed by atoms with van der Waals surface area (Å²) in [7, 11) is 0. The monoisotopic (exact) mass is 232 g/mol. The van der Waals surface area contributed by atoms with Gasteiger partial charge in [0.1, 0.15) is 0 Å². The van der Waals surface area contributed by atoms with Gasteiger partial charge in [-0.1, -0.05) is 37.3 Å². The van der Waals surface area contributed by atoms with Crippen LogP contribution in [0.3, 0.4) is 0 Å². The minimum Gasteiger partial charge on any atom is -0.311 e. The Kier molecular flexibility index (Phi) is 4.08. The molecule has 84 valence electrons. The van der Waals surface area contributed by atoms with E-state index >= 15 is 0 Å². The Labute approximate surface area is 100 Å². The second-order valence-electron chi connectivity index (χ2n) is 3.67. The van der Waals surface area contributed by atoms with E-state index in [2.05, 4.69) is 41.5 Å². The smallest absolute Gasteiger partial charge is 0.0802 e. The van der Waals surface area contributed by atoms with Crippen LogP contribution >= 0.6 is 11.3 Å². The van der Waals surface area contributed by atoms with Crippen molar-refractivity contribution in [2.24, 2.45) is 0 Å². The summed E-state index contributed by atoms with van der Waals surface area (Å²) in [6, 6.07) is 10.4. The Morgan fingerprint density at radius 3 is 2.81 bits per heavy atom. The summed E-state index contributed by atoms with van der Waals surface area (Å²) in [4.78, 5) is 5.70. The maximum absolute atomic E-state index is 4.42. The molecule has 2 aromatic rings. The van der Waals surface area contributed by atoms with Crippen molar-refractivity contribution in [2.45, 2.75) is 19.9 Å². The molecule has 0 saturated carbocycles. The quantitative estimate of drug-likeness (QED) is 0.800. The Balaban J connectivity index is 2.13. The van der Waals surface area contributed by atoms with Gasteiger partial charge in [0, 0.05) is 6.54 Å². The minimum absolute atomic E-state index is 0.863. The third-order valence-corrected chi connectivity index (χ3v) is 3.31. The van der Waals surface area contributed by atoms with Gasteiger partial charge in [-0.3, -0.25) is 0 Å². The topological polar surface area (TPSA) is 24.9 Å². The van der Waals surface area contributed by atoms with Crippen LogP contribution in [0.2, 0.25) is 0 Å². The summed E-state index contributed by atoms with van der Waals surface area (Å²) in [6.45, 7) is 4.08. The van der Waals surface area contributed by atoms with Crippen molar-refractivity contribution in [1.82, 2.24) is 10.3 Å². The first kappa shape index (κ1) is 11.3. The number of nitrogens with zero attached hydrogens (tertiary/aromatic N) is 1. The van der Waals surface area contributed by atoms with E-state index in [1.54, 1.807) is 11.3 Å². The normalized spacial score (nSPS) is 10.6. The van der Waals surface area contributed by atoms with E-state index in [1.807, 2.05) is 11.6 Å². The molecule has 1 aromatic carbocycles. The van der Waals surface area contributed by atoms with Crippen LogP contribution in [0.15, 0.2) is 35.8 Å². The number of hydrogen-bond acceptors (Lipinski definition) is 3. The van der Waals surface area contributed by atoms with Gasteiger partial charge in [0.2, 0.25) is 0 Å². The van der Waals surface area contributed by atoms with E-state index < -0.39 is 0 Å². The lowest BCUT2D eigenvalue weighted by Gasteiger charge is -2.03. The van der Waals surface area contributed by atoms with Crippen LogP contribution in [0.1, 0.15) is 19.0 Å². The zero-order valence-electron chi connectivity index (χ0n) is 9.44. The summed E-state index contributed by atoms with van der Waals surface area (Å²) in [6.07, 6.45) is 1.16. The Morgan fingerprint density at radius 2 is 2.06 bits per heavy atom. The first-order valence-corrected chi connectivity index (χ1v) is 6.48. The fourth-order valence-corrected chi connectivity index (χ4v) is 2.42. The predicted octanol–water partition coefficient (Wildman–Crippen LogP) is 3.31. The molecule has 2 rings (SSSR count). The molecule has 0 unspecified atom stereocenters. The highest BCUT2D eigenvalue weighted by Gasteiger charge is 2.07. The fraction of sp³-hybridized carbons (Fsp3) is 0.308. The maximum atomic E-state index is 4.42. The van der Waals surface area contributed by atoms with Gasteiger partial charge < -0.3 is 5.32 Å². The first-order chi connectivity index (χ1) is 7.92. The van der Waals surface area contributed by atoms with Crippen LogP contribution in [-0.4, -0.2) is 11.5 Å². The largest absolute Gasteiger partial charge is 0.311 e. The van der Waals surface area contributed by atoms with Crippen LogP contribution in [0.4, 0.5) is 0 Å². The van der Waals surface area contributed by atoms with Gasteiger partial charge in [-0.15, -0.1) is 11.3 Å². The van der Waals surface area contributed by atoms with E-state index in [4.69, 9.17) is 0 Å². The molecule has 0 radical (unpaired) electrons. The molecule has 0 atom stereocenters. The van der Waals surface area contributed by atoms with Crippen LogP contribution < -0.4 is 5.32 Å². The highest BCUT2D eigenvalue weighted by Crippen LogP contribution is 2.27. The van der Waals surface area contributed by atoms with Crippen molar-refractivity contribution in [3.63, 3.8) is 0 Å². The molecule has 3 heteroatoms. The highest BCUT2D eigenvalue weighted by molar-refractivity contribution is 7.13. The van der Waals surface area contributed by atoms with Gasteiger partial charge in [0.25, 0.3) is 0 Å². The van der Waals surface area contributed by atoms with Gasteiger partial charge in [-0.25, -0.2) is 4.98 Å². The molecule has 0 saturated heterocycles. The molecule has 1 aromatic heterocycles. The molecule has 0 fully saturated rings. The number of nitrogens with one attached hydrogen (secondary N) is 1. The van der Waals surface area contributed by atoms with Crippen molar-refractivity contribution in [3.05, 3.63) is 41.5 Å². The number of aromatic nitrogens is 1. The Morgan fingerprint density at radius 1 is 1.25 bits per heavy atom. The summed E-state index contributed by atoms with van der Waals surface area (Å²) in [5, 5.41) is 3.39. The van der Waals surface area contributed by atoms with E-state index in [1.165, 1.54) is 10.4 Å². The number of benzene rings is 1. The lowest BCUT2D eigenvalue weighted by Crippen LogP contribution is -2.14. The highest BCUT2D eigenvalue weighted by atomic mass is 32.1. The maximum Gasteiger partial charge on any atom is 0.0802 e. The Hall–Kier alpha value is -1.19. The summed E-state index contributed by atoms with van der Waals surface area (Å²) >= 11 is 1.71. The van der Waals surface area contributed by atoms with Crippen molar-refractivity contribution >= 4 is 11.3 Å². The molecule has 1 heterocycles.